The fourth-order valence-electron chi connectivity index (χ4n) is 1.94. The molecule has 1 saturated heterocycles. The number of nitrogens with two attached hydrogens (primary N) is 1. The van der Waals surface area contributed by atoms with Crippen LogP contribution < -0.4 is 10.6 Å². The molecular formula is C11H16BrN3. The van der Waals surface area contributed by atoms with Gasteiger partial charge in [-0.1, -0.05) is 6.92 Å². The summed E-state index contributed by atoms with van der Waals surface area (Å²) in [6.45, 7) is 4.54. The van der Waals surface area contributed by atoms with E-state index in [1.165, 1.54) is 18.5 Å². The highest BCUT2D eigenvalue weighted by Crippen LogP contribution is 2.32. The molecule has 3 nitrogen and oxygen atoms in total. The Morgan fingerprint density at radius 1 is 1.47 bits per heavy atom. The predicted molar refractivity (Wildman–Crippen MR) is 67.0 cm³/mol. The molecule has 15 heavy (non-hydrogen) atoms. The van der Waals surface area contributed by atoms with Crippen molar-refractivity contribution in [2.75, 3.05) is 23.7 Å². The molecule has 1 aromatic heterocycles. The summed E-state index contributed by atoms with van der Waals surface area (Å²) in [4.78, 5) is 6.43. The minimum atomic E-state index is 0.575. The first-order valence-electron chi connectivity index (χ1n) is 5.33. The molecule has 0 atom stereocenters. The molecule has 2 N–H and O–H groups in total. The summed E-state index contributed by atoms with van der Waals surface area (Å²) in [5, 5.41) is 0. The number of anilines is 2. The van der Waals surface area contributed by atoms with E-state index in [4.69, 9.17) is 5.73 Å². The van der Waals surface area contributed by atoms with Crippen molar-refractivity contribution in [3.8, 4) is 0 Å². The van der Waals surface area contributed by atoms with Gasteiger partial charge >= 0.3 is 0 Å². The highest BCUT2D eigenvalue weighted by Gasteiger charge is 2.18. The number of pyridine rings is 1. The Morgan fingerprint density at radius 2 is 2.13 bits per heavy atom. The Labute approximate surface area is 98.8 Å². The second-order valence-electron chi connectivity index (χ2n) is 4.20. The largest absolute Gasteiger partial charge is 0.383 e. The topological polar surface area (TPSA) is 42.2 Å². The molecular weight excluding hydrogens is 254 g/mol. The third-order valence-electron chi connectivity index (χ3n) is 3.02. The van der Waals surface area contributed by atoms with Gasteiger partial charge in [-0.2, -0.15) is 0 Å². The van der Waals surface area contributed by atoms with Crippen molar-refractivity contribution >= 4 is 27.4 Å². The average molecular weight is 270 g/mol. The maximum atomic E-state index is 5.77. The van der Waals surface area contributed by atoms with Crippen molar-refractivity contribution in [3.05, 3.63) is 16.7 Å². The quantitative estimate of drug-likeness (QED) is 0.853. The molecule has 0 saturated carbocycles. The molecule has 1 fully saturated rings. The number of rotatable bonds is 1. The van der Waals surface area contributed by atoms with Crippen molar-refractivity contribution in [2.45, 2.75) is 19.8 Å². The van der Waals surface area contributed by atoms with Crippen LogP contribution in [0.5, 0.6) is 0 Å². The maximum Gasteiger partial charge on any atom is 0.139 e. The van der Waals surface area contributed by atoms with Gasteiger partial charge in [-0.15, -0.1) is 0 Å². The summed E-state index contributed by atoms with van der Waals surface area (Å²) >= 11 is 3.50. The lowest BCUT2D eigenvalue weighted by molar-refractivity contribution is 0.438. The summed E-state index contributed by atoms with van der Waals surface area (Å²) < 4.78 is 0.930. The number of nitrogen functional groups attached to an aromatic ring is 1. The van der Waals surface area contributed by atoms with E-state index < -0.39 is 0 Å². The third kappa shape index (κ3) is 2.25. The Balaban J connectivity index is 2.19. The van der Waals surface area contributed by atoms with Crippen LogP contribution in [0, 0.1) is 5.92 Å². The lowest BCUT2D eigenvalue weighted by Crippen LogP contribution is -2.33. The molecule has 0 aromatic carbocycles. The van der Waals surface area contributed by atoms with Gasteiger partial charge in [-0.05, 0) is 40.8 Å². The Bertz CT molecular complexity index is 346. The summed E-state index contributed by atoms with van der Waals surface area (Å²) in [7, 11) is 0. The first-order valence-corrected chi connectivity index (χ1v) is 6.12. The molecule has 0 unspecified atom stereocenters. The van der Waals surface area contributed by atoms with Crippen molar-refractivity contribution in [2.24, 2.45) is 5.92 Å². The summed E-state index contributed by atoms with van der Waals surface area (Å²) in [6.07, 6.45) is 4.29. The van der Waals surface area contributed by atoms with Crippen LogP contribution in [-0.4, -0.2) is 18.1 Å². The van der Waals surface area contributed by atoms with Crippen molar-refractivity contribution < 1.29 is 0 Å². The molecule has 0 radical (unpaired) electrons. The second kappa shape index (κ2) is 4.39. The minimum Gasteiger partial charge on any atom is -0.383 e. The third-order valence-corrected chi connectivity index (χ3v) is 3.83. The van der Waals surface area contributed by atoms with Gasteiger partial charge in [0.1, 0.15) is 5.82 Å². The molecule has 2 heterocycles. The zero-order chi connectivity index (χ0) is 10.8. The molecule has 0 spiro atoms. The highest BCUT2D eigenvalue weighted by atomic mass is 79.9. The smallest absolute Gasteiger partial charge is 0.139 e. The van der Waals surface area contributed by atoms with Crippen LogP contribution in [-0.2, 0) is 0 Å². The standard InChI is InChI=1S/C11H16BrN3/c1-8-3-6-15(7-4-8)9-2-5-14-11(13)10(9)12/h2,5,8H,3-4,6-7H2,1H3,(H2,13,14). The van der Waals surface area contributed by atoms with E-state index in [2.05, 4.69) is 32.7 Å². The summed E-state index contributed by atoms with van der Waals surface area (Å²) in [6, 6.07) is 2.02. The fourth-order valence-corrected chi connectivity index (χ4v) is 2.43. The van der Waals surface area contributed by atoms with Gasteiger partial charge in [0.25, 0.3) is 0 Å². The number of aromatic nitrogens is 1. The van der Waals surface area contributed by atoms with Crippen molar-refractivity contribution in [1.29, 1.82) is 0 Å². The normalized spacial score (nSPS) is 18.1. The second-order valence-corrected chi connectivity index (χ2v) is 4.99. The van der Waals surface area contributed by atoms with Crippen LogP contribution in [0.15, 0.2) is 16.7 Å². The van der Waals surface area contributed by atoms with Crippen molar-refractivity contribution in [1.82, 2.24) is 4.98 Å². The van der Waals surface area contributed by atoms with E-state index in [0.717, 1.165) is 23.5 Å². The monoisotopic (exact) mass is 269 g/mol. The number of hydrogen-bond donors (Lipinski definition) is 1. The highest BCUT2D eigenvalue weighted by molar-refractivity contribution is 9.10. The van der Waals surface area contributed by atoms with Crippen LogP contribution in [0.2, 0.25) is 0 Å². The summed E-state index contributed by atoms with van der Waals surface area (Å²) in [5.74, 6) is 1.42. The molecule has 82 valence electrons. The lowest BCUT2D eigenvalue weighted by atomic mass is 9.99. The minimum absolute atomic E-state index is 0.575. The number of nitrogens with zero attached hydrogens (tertiary/aromatic N) is 2. The van der Waals surface area contributed by atoms with Gasteiger partial charge in [0, 0.05) is 19.3 Å². The number of halogens is 1. The van der Waals surface area contributed by atoms with Crippen LogP contribution in [0.3, 0.4) is 0 Å². The van der Waals surface area contributed by atoms with Crippen LogP contribution in [0.1, 0.15) is 19.8 Å². The average Bonchev–Trinajstić information content (AvgIpc) is 2.24. The van der Waals surface area contributed by atoms with Gasteiger partial charge in [0.15, 0.2) is 0 Å². The molecule has 0 bridgehead atoms. The molecule has 1 aliphatic rings. The molecule has 1 aliphatic heterocycles. The van der Waals surface area contributed by atoms with Gasteiger partial charge in [-0.25, -0.2) is 4.98 Å². The summed E-state index contributed by atoms with van der Waals surface area (Å²) in [5.41, 5.74) is 6.95. The van der Waals surface area contributed by atoms with Crippen LogP contribution >= 0.6 is 15.9 Å². The molecule has 2 rings (SSSR count). The number of piperidine rings is 1. The van der Waals surface area contributed by atoms with E-state index in [9.17, 15) is 0 Å². The predicted octanol–water partition coefficient (Wildman–Crippen LogP) is 2.66. The Kier molecular flexibility index (Phi) is 3.14. The van der Waals surface area contributed by atoms with Gasteiger partial charge in [0.2, 0.25) is 0 Å². The lowest BCUT2D eigenvalue weighted by Gasteiger charge is -2.32. The van der Waals surface area contributed by atoms with Crippen molar-refractivity contribution in [3.63, 3.8) is 0 Å². The fraction of sp³-hybridized carbons (Fsp3) is 0.545. The number of hydrogen-bond acceptors (Lipinski definition) is 3. The Morgan fingerprint density at radius 3 is 2.80 bits per heavy atom. The molecule has 0 amide bonds. The van der Waals surface area contributed by atoms with E-state index in [-0.39, 0.29) is 0 Å². The zero-order valence-corrected chi connectivity index (χ0v) is 10.5. The zero-order valence-electron chi connectivity index (χ0n) is 8.91. The first kappa shape index (κ1) is 10.7. The SMILES string of the molecule is CC1CCN(c2ccnc(N)c2Br)CC1. The van der Waals surface area contributed by atoms with E-state index in [0.29, 0.717) is 5.82 Å². The van der Waals surface area contributed by atoms with E-state index in [1.807, 2.05) is 6.07 Å². The maximum absolute atomic E-state index is 5.77. The Hall–Kier alpha value is -0.770. The van der Waals surface area contributed by atoms with Crippen LogP contribution in [0.4, 0.5) is 11.5 Å². The van der Waals surface area contributed by atoms with E-state index in [1.54, 1.807) is 6.20 Å². The molecule has 0 aliphatic carbocycles. The van der Waals surface area contributed by atoms with Crippen LogP contribution in [0.25, 0.3) is 0 Å². The van der Waals surface area contributed by atoms with Gasteiger partial charge < -0.3 is 10.6 Å². The molecule has 4 heteroatoms. The van der Waals surface area contributed by atoms with Gasteiger partial charge in [-0.3, -0.25) is 0 Å². The molecule has 1 aromatic rings. The first-order chi connectivity index (χ1) is 7.18. The van der Waals surface area contributed by atoms with Gasteiger partial charge in [0.05, 0.1) is 10.2 Å². The van der Waals surface area contributed by atoms with E-state index >= 15 is 0 Å².